The molecular formula is C22H24N4O2. The van der Waals surface area contributed by atoms with Gasteiger partial charge in [0.2, 0.25) is 0 Å². The highest BCUT2D eigenvalue weighted by atomic mass is 16.2. The lowest BCUT2D eigenvalue weighted by Gasteiger charge is -2.36. The molecule has 6 nitrogen and oxygen atoms in total. The molecule has 2 aromatic heterocycles. The number of hydrogen-bond acceptors (Lipinski definition) is 3. The van der Waals surface area contributed by atoms with Crippen LogP contribution in [-0.2, 0) is 6.42 Å². The summed E-state index contributed by atoms with van der Waals surface area (Å²) in [5.41, 5.74) is 4.06. The van der Waals surface area contributed by atoms with Crippen LogP contribution in [0.4, 0.5) is 0 Å². The minimum Gasteiger partial charge on any atom is -0.345 e. The van der Waals surface area contributed by atoms with Gasteiger partial charge < -0.3 is 10.3 Å². The maximum Gasteiger partial charge on any atom is 0.260 e. The van der Waals surface area contributed by atoms with Gasteiger partial charge >= 0.3 is 0 Å². The van der Waals surface area contributed by atoms with Crippen molar-refractivity contribution in [2.45, 2.75) is 39.7 Å². The zero-order chi connectivity index (χ0) is 19.9. The summed E-state index contributed by atoms with van der Waals surface area (Å²) >= 11 is 0. The maximum absolute atomic E-state index is 12.7. The quantitative estimate of drug-likeness (QED) is 0.736. The van der Waals surface area contributed by atoms with Crippen molar-refractivity contribution in [2.24, 2.45) is 5.41 Å². The summed E-state index contributed by atoms with van der Waals surface area (Å²) in [6.07, 6.45) is 5.02. The average Bonchev–Trinajstić information content (AvgIpc) is 3.05. The van der Waals surface area contributed by atoms with E-state index in [1.54, 1.807) is 12.1 Å². The van der Waals surface area contributed by atoms with Crippen molar-refractivity contribution in [1.82, 2.24) is 20.1 Å². The van der Waals surface area contributed by atoms with Crippen LogP contribution in [0.2, 0.25) is 0 Å². The molecule has 28 heavy (non-hydrogen) atoms. The highest BCUT2D eigenvalue weighted by molar-refractivity contribution is 5.94. The van der Waals surface area contributed by atoms with Gasteiger partial charge in [-0.15, -0.1) is 0 Å². The van der Waals surface area contributed by atoms with E-state index in [-0.39, 0.29) is 28.5 Å². The largest absolute Gasteiger partial charge is 0.345 e. The molecule has 0 radical (unpaired) electrons. The number of aromatic nitrogens is 3. The lowest BCUT2D eigenvalue weighted by atomic mass is 9.74. The van der Waals surface area contributed by atoms with Gasteiger partial charge in [0, 0.05) is 11.8 Å². The van der Waals surface area contributed by atoms with Gasteiger partial charge in [-0.1, -0.05) is 31.5 Å². The minimum atomic E-state index is -0.384. The summed E-state index contributed by atoms with van der Waals surface area (Å²) in [7, 11) is 0. The molecular weight excluding hydrogens is 352 g/mol. The first kappa shape index (κ1) is 18.2. The molecule has 3 aromatic rings. The molecule has 144 valence electrons. The van der Waals surface area contributed by atoms with E-state index in [4.69, 9.17) is 0 Å². The Balaban J connectivity index is 1.70. The molecule has 1 amide bonds. The van der Waals surface area contributed by atoms with Gasteiger partial charge in [0.25, 0.3) is 11.5 Å². The maximum atomic E-state index is 12.7. The molecule has 2 heterocycles. The van der Waals surface area contributed by atoms with Crippen LogP contribution in [0.5, 0.6) is 0 Å². The lowest BCUT2D eigenvalue weighted by molar-refractivity contribution is 0.0917. The third-order valence-corrected chi connectivity index (χ3v) is 5.33. The first-order valence-corrected chi connectivity index (χ1v) is 9.46. The topological polar surface area (TPSA) is 79.8 Å². The van der Waals surface area contributed by atoms with Crippen molar-refractivity contribution in [2.75, 3.05) is 0 Å². The summed E-state index contributed by atoms with van der Waals surface area (Å²) < 4.78 is 1.96. The zero-order valence-electron chi connectivity index (χ0n) is 16.3. The number of amides is 1. The Labute approximate surface area is 163 Å². The second-order valence-corrected chi connectivity index (χ2v) is 8.28. The molecule has 1 aromatic carbocycles. The van der Waals surface area contributed by atoms with Crippen LogP contribution >= 0.6 is 0 Å². The number of aromatic amines is 1. The number of nitrogens with zero attached hydrogens (tertiary/aromatic N) is 2. The molecule has 0 saturated heterocycles. The first-order valence-electron chi connectivity index (χ1n) is 9.46. The van der Waals surface area contributed by atoms with E-state index in [1.165, 1.54) is 11.8 Å². The summed E-state index contributed by atoms with van der Waals surface area (Å²) in [6.45, 7) is 6.44. The highest BCUT2D eigenvalue weighted by Crippen LogP contribution is 2.41. The van der Waals surface area contributed by atoms with E-state index < -0.39 is 0 Å². The van der Waals surface area contributed by atoms with E-state index in [0.29, 0.717) is 0 Å². The van der Waals surface area contributed by atoms with Crippen molar-refractivity contribution in [3.63, 3.8) is 0 Å². The van der Waals surface area contributed by atoms with Crippen molar-refractivity contribution >= 4 is 5.91 Å². The van der Waals surface area contributed by atoms with Crippen molar-refractivity contribution in [3.05, 3.63) is 81.5 Å². The second kappa shape index (κ2) is 6.78. The zero-order valence-corrected chi connectivity index (χ0v) is 16.3. The Bertz CT molecular complexity index is 1080. The Morgan fingerprint density at radius 3 is 2.71 bits per heavy atom. The number of H-pyrrole nitrogens is 1. The van der Waals surface area contributed by atoms with E-state index >= 15 is 0 Å². The Kier molecular flexibility index (Phi) is 4.41. The number of carbonyl (C=O) groups excluding carboxylic acids is 1. The molecule has 0 bridgehead atoms. The summed E-state index contributed by atoms with van der Waals surface area (Å²) in [5.74, 6) is -0.362. The van der Waals surface area contributed by atoms with Gasteiger partial charge in [-0.05, 0) is 49.4 Å². The number of pyridine rings is 1. The molecule has 1 aliphatic carbocycles. The fourth-order valence-electron chi connectivity index (χ4n) is 3.92. The monoisotopic (exact) mass is 376 g/mol. The van der Waals surface area contributed by atoms with Crippen LogP contribution in [0.3, 0.4) is 0 Å². The molecule has 0 aliphatic heterocycles. The predicted molar refractivity (Wildman–Crippen MR) is 108 cm³/mol. The third kappa shape index (κ3) is 3.38. The normalized spacial score (nSPS) is 17.8. The van der Waals surface area contributed by atoms with E-state index in [0.717, 1.165) is 29.8 Å². The fourth-order valence-corrected chi connectivity index (χ4v) is 3.92. The standard InChI is InChI=1S/C22H24N4O2/c1-14-6-8-15(9-7-14)26-19-12-22(2,3)11-18(17(19)13-24-26)25-21(28)16-5-4-10-23-20(16)27/h4-10,13,18H,11-12H2,1-3H3,(H,23,27)(H,25,28)/t18-/m0/s1. The van der Waals surface area contributed by atoms with Crippen molar-refractivity contribution in [3.8, 4) is 5.69 Å². The Morgan fingerprint density at radius 1 is 1.25 bits per heavy atom. The smallest absolute Gasteiger partial charge is 0.260 e. The molecule has 6 heteroatoms. The van der Waals surface area contributed by atoms with Gasteiger partial charge in [0.05, 0.1) is 23.6 Å². The van der Waals surface area contributed by atoms with Crippen molar-refractivity contribution < 1.29 is 4.79 Å². The van der Waals surface area contributed by atoms with Gasteiger partial charge in [-0.2, -0.15) is 5.10 Å². The highest BCUT2D eigenvalue weighted by Gasteiger charge is 2.36. The molecule has 4 rings (SSSR count). The number of nitrogens with one attached hydrogen (secondary N) is 2. The SMILES string of the molecule is Cc1ccc(-n2ncc3c2CC(C)(C)C[C@@H]3NC(=O)c2ccc[nH]c2=O)cc1. The number of fused-ring (bicyclic) bond motifs is 1. The van der Waals surface area contributed by atoms with E-state index in [9.17, 15) is 9.59 Å². The number of rotatable bonds is 3. The van der Waals surface area contributed by atoms with Crippen LogP contribution in [-0.4, -0.2) is 20.7 Å². The number of carbonyl (C=O) groups is 1. The molecule has 2 N–H and O–H groups in total. The van der Waals surface area contributed by atoms with Crippen LogP contribution in [0.15, 0.2) is 53.6 Å². The van der Waals surface area contributed by atoms with Gasteiger partial charge in [-0.3, -0.25) is 9.59 Å². The number of benzene rings is 1. The van der Waals surface area contributed by atoms with Gasteiger partial charge in [0.15, 0.2) is 0 Å². The second-order valence-electron chi connectivity index (χ2n) is 8.28. The fraction of sp³-hybridized carbons (Fsp3) is 0.318. The predicted octanol–water partition coefficient (Wildman–Crippen LogP) is 3.31. The molecule has 1 aliphatic rings. The minimum absolute atomic E-state index is 0.00344. The molecule has 0 unspecified atom stereocenters. The molecule has 1 atom stereocenters. The Morgan fingerprint density at radius 2 is 2.00 bits per heavy atom. The van der Waals surface area contributed by atoms with E-state index in [1.807, 2.05) is 10.9 Å². The van der Waals surface area contributed by atoms with Gasteiger partial charge in [0.1, 0.15) is 5.56 Å². The van der Waals surface area contributed by atoms with Crippen LogP contribution < -0.4 is 10.9 Å². The Hall–Kier alpha value is -3.15. The number of aryl methyl sites for hydroxylation is 1. The molecule has 0 saturated carbocycles. The van der Waals surface area contributed by atoms with E-state index in [2.05, 4.69) is 60.4 Å². The van der Waals surface area contributed by atoms with Gasteiger partial charge in [-0.25, -0.2) is 4.68 Å². The summed E-state index contributed by atoms with van der Waals surface area (Å²) in [5, 5.41) is 7.66. The average molecular weight is 376 g/mol. The van der Waals surface area contributed by atoms with Crippen LogP contribution in [0.25, 0.3) is 5.69 Å². The first-order chi connectivity index (χ1) is 13.3. The number of hydrogen-bond donors (Lipinski definition) is 2. The van der Waals surface area contributed by atoms with Crippen LogP contribution in [0, 0.1) is 12.3 Å². The van der Waals surface area contributed by atoms with Crippen molar-refractivity contribution in [1.29, 1.82) is 0 Å². The molecule has 0 fully saturated rings. The summed E-state index contributed by atoms with van der Waals surface area (Å²) in [6, 6.07) is 11.3. The summed E-state index contributed by atoms with van der Waals surface area (Å²) in [4.78, 5) is 27.2. The third-order valence-electron chi connectivity index (χ3n) is 5.33. The molecule has 0 spiro atoms. The lowest BCUT2D eigenvalue weighted by Crippen LogP contribution is -2.38. The van der Waals surface area contributed by atoms with Crippen LogP contribution in [0.1, 0.15) is 53.5 Å².